The van der Waals surface area contributed by atoms with Gasteiger partial charge in [0.2, 0.25) is 5.91 Å². The Bertz CT molecular complexity index is 849. The molecule has 0 saturated carbocycles. The minimum absolute atomic E-state index is 0.0397. The van der Waals surface area contributed by atoms with Gasteiger partial charge in [-0.25, -0.2) is 9.86 Å². The zero-order valence-corrected chi connectivity index (χ0v) is 13.4. The highest BCUT2D eigenvalue weighted by Gasteiger charge is 2.34. The van der Waals surface area contributed by atoms with Gasteiger partial charge in [0.1, 0.15) is 5.82 Å². The van der Waals surface area contributed by atoms with Crippen LogP contribution in [0.3, 0.4) is 0 Å². The Hall–Kier alpha value is -2.88. The van der Waals surface area contributed by atoms with Crippen molar-refractivity contribution in [3.8, 4) is 5.69 Å². The Labute approximate surface area is 140 Å². The summed E-state index contributed by atoms with van der Waals surface area (Å²) in [6.45, 7) is 0. The number of hydrogen-bond donors (Lipinski definition) is 1. The number of carbonyl (C=O) groups excluding carboxylic acids is 1. The molecule has 0 saturated heterocycles. The Morgan fingerprint density at radius 1 is 1.36 bits per heavy atom. The van der Waals surface area contributed by atoms with E-state index in [1.165, 1.54) is 32.5 Å². The average Bonchev–Trinajstić information content (AvgIpc) is 2.53. The molecule has 1 amide bonds. The highest BCUT2D eigenvalue weighted by Crippen LogP contribution is 2.33. The Kier molecular flexibility index (Phi) is 5.12. The van der Waals surface area contributed by atoms with Crippen LogP contribution in [0.1, 0.15) is 11.1 Å². The summed E-state index contributed by atoms with van der Waals surface area (Å²) in [6.07, 6.45) is -3.99. The number of hydroxylamine groups is 2. The van der Waals surface area contributed by atoms with Crippen molar-refractivity contribution in [3.63, 3.8) is 0 Å². The van der Waals surface area contributed by atoms with E-state index in [0.29, 0.717) is 0 Å². The molecule has 0 unspecified atom stereocenters. The molecule has 7 nitrogen and oxygen atoms in total. The van der Waals surface area contributed by atoms with Crippen molar-refractivity contribution in [3.05, 3.63) is 52.1 Å². The van der Waals surface area contributed by atoms with Crippen LogP contribution in [0.5, 0.6) is 0 Å². The number of halogens is 3. The largest absolute Gasteiger partial charge is 0.416 e. The summed E-state index contributed by atoms with van der Waals surface area (Å²) in [4.78, 5) is 31.8. The molecular formula is C15H15F3N4O3. The molecule has 2 N–H and O–H groups in total. The van der Waals surface area contributed by atoms with Gasteiger partial charge in [0.05, 0.1) is 24.8 Å². The maximum atomic E-state index is 13.4. The van der Waals surface area contributed by atoms with Gasteiger partial charge in [-0.05, 0) is 23.8 Å². The van der Waals surface area contributed by atoms with Crippen molar-refractivity contribution in [1.29, 1.82) is 0 Å². The predicted octanol–water partition coefficient (Wildman–Crippen LogP) is 1.40. The van der Waals surface area contributed by atoms with E-state index < -0.39 is 29.8 Å². The summed E-state index contributed by atoms with van der Waals surface area (Å²) >= 11 is 0. The molecule has 10 heteroatoms. The minimum Gasteiger partial charge on any atom is -0.383 e. The van der Waals surface area contributed by atoms with Crippen molar-refractivity contribution < 1.29 is 22.8 Å². The molecule has 2 aromatic rings. The first-order valence-electron chi connectivity index (χ1n) is 7.00. The van der Waals surface area contributed by atoms with Gasteiger partial charge < -0.3 is 5.73 Å². The predicted molar refractivity (Wildman–Crippen MR) is 82.7 cm³/mol. The molecule has 2 rings (SSSR count). The summed E-state index contributed by atoms with van der Waals surface area (Å²) < 4.78 is 41.0. The van der Waals surface area contributed by atoms with Crippen LogP contribution >= 0.6 is 0 Å². The third-order valence-corrected chi connectivity index (χ3v) is 3.47. The van der Waals surface area contributed by atoms with E-state index in [2.05, 4.69) is 9.82 Å². The molecular weight excluding hydrogens is 341 g/mol. The molecule has 1 aromatic carbocycles. The van der Waals surface area contributed by atoms with Crippen LogP contribution in [0.15, 0.2) is 35.3 Å². The van der Waals surface area contributed by atoms with E-state index in [0.717, 1.165) is 21.8 Å². The van der Waals surface area contributed by atoms with Crippen molar-refractivity contribution >= 4 is 11.7 Å². The Balaban J connectivity index is 2.51. The standard InChI is InChI=1S/C15H15F3N4O3/c1-21(25-2)13(23)7-9-3-4-10(8-11(9)15(16,17)18)22-6-5-12(19)20-14(22)24/h3-6,8H,7H2,1-2H3,(H2,19,20,24). The SMILES string of the molecule is CON(C)C(=O)Cc1ccc(-n2ccc(N)nc2=O)cc1C(F)(F)F. The number of rotatable bonds is 4. The molecule has 0 aliphatic heterocycles. The Morgan fingerprint density at radius 3 is 2.60 bits per heavy atom. The number of nitrogens with two attached hydrogens (primary N) is 1. The van der Waals surface area contributed by atoms with Crippen LogP contribution in [-0.4, -0.2) is 34.7 Å². The van der Waals surface area contributed by atoms with E-state index in [9.17, 15) is 22.8 Å². The lowest BCUT2D eigenvalue weighted by molar-refractivity contribution is -0.168. The van der Waals surface area contributed by atoms with E-state index >= 15 is 0 Å². The first kappa shape index (κ1) is 18.5. The van der Waals surface area contributed by atoms with Gasteiger partial charge in [-0.2, -0.15) is 18.2 Å². The molecule has 1 heterocycles. The molecule has 0 spiro atoms. The lowest BCUT2D eigenvalue weighted by Crippen LogP contribution is -2.28. The summed E-state index contributed by atoms with van der Waals surface area (Å²) in [5.74, 6) is -0.686. The van der Waals surface area contributed by atoms with Crippen molar-refractivity contribution in [2.45, 2.75) is 12.6 Å². The van der Waals surface area contributed by atoms with Crippen LogP contribution in [0, 0.1) is 0 Å². The highest BCUT2D eigenvalue weighted by molar-refractivity contribution is 5.78. The minimum atomic E-state index is -4.71. The highest BCUT2D eigenvalue weighted by atomic mass is 19.4. The zero-order chi connectivity index (χ0) is 18.8. The van der Waals surface area contributed by atoms with E-state index in [-0.39, 0.29) is 17.1 Å². The van der Waals surface area contributed by atoms with Crippen LogP contribution in [0.2, 0.25) is 0 Å². The maximum Gasteiger partial charge on any atom is 0.416 e. The number of hydrogen-bond acceptors (Lipinski definition) is 5. The fraction of sp³-hybridized carbons (Fsp3) is 0.267. The fourth-order valence-corrected chi connectivity index (χ4v) is 2.12. The van der Waals surface area contributed by atoms with E-state index in [1.807, 2.05) is 0 Å². The van der Waals surface area contributed by atoms with E-state index in [1.54, 1.807) is 0 Å². The topological polar surface area (TPSA) is 90.4 Å². The van der Waals surface area contributed by atoms with Gasteiger partial charge in [0.15, 0.2) is 0 Å². The van der Waals surface area contributed by atoms with Gasteiger partial charge in [-0.1, -0.05) is 6.07 Å². The van der Waals surface area contributed by atoms with Gasteiger partial charge in [0, 0.05) is 13.2 Å². The van der Waals surface area contributed by atoms with Crippen LogP contribution < -0.4 is 11.4 Å². The molecule has 1 aromatic heterocycles. The lowest BCUT2D eigenvalue weighted by atomic mass is 10.0. The molecule has 0 atom stereocenters. The second kappa shape index (κ2) is 6.93. The number of likely N-dealkylation sites (N-methyl/N-ethyl adjacent to an activating group) is 1. The number of carbonyl (C=O) groups is 1. The molecule has 25 heavy (non-hydrogen) atoms. The van der Waals surface area contributed by atoms with Gasteiger partial charge in [-0.3, -0.25) is 14.2 Å². The van der Waals surface area contributed by atoms with Crippen LogP contribution in [-0.2, 0) is 22.2 Å². The Morgan fingerprint density at radius 2 is 2.04 bits per heavy atom. The van der Waals surface area contributed by atoms with Gasteiger partial charge in [-0.15, -0.1) is 0 Å². The molecule has 0 radical (unpaired) electrons. The number of amides is 1. The molecule has 0 aliphatic carbocycles. The van der Waals surface area contributed by atoms with E-state index in [4.69, 9.17) is 5.73 Å². The van der Waals surface area contributed by atoms with Gasteiger partial charge >= 0.3 is 11.9 Å². The smallest absolute Gasteiger partial charge is 0.383 e. The quantitative estimate of drug-likeness (QED) is 0.836. The summed E-state index contributed by atoms with van der Waals surface area (Å²) in [5.41, 5.74) is 3.26. The fourth-order valence-electron chi connectivity index (χ4n) is 2.12. The van der Waals surface area contributed by atoms with Gasteiger partial charge in [0.25, 0.3) is 0 Å². The molecule has 0 aliphatic rings. The van der Waals surface area contributed by atoms with Crippen LogP contribution in [0.25, 0.3) is 5.69 Å². The second-order valence-corrected chi connectivity index (χ2v) is 5.09. The molecule has 134 valence electrons. The maximum absolute atomic E-state index is 13.4. The first-order chi connectivity index (χ1) is 11.6. The third-order valence-electron chi connectivity index (χ3n) is 3.47. The summed E-state index contributed by atoms with van der Waals surface area (Å²) in [6, 6.07) is 4.51. The van der Waals surface area contributed by atoms with Crippen LogP contribution in [0.4, 0.5) is 19.0 Å². The molecule has 0 bridgehead atoms. The monoisotopic (exact) mass is 356 g/mol. The van der Waals surface area contributed by atoms with Crippen molar-refractivity contribution in [2.24, 2.45) is 0 Å². The lowest BCUT2D eigenvalue weighted by Gasteiger charge is -2.17. The number of nitrogen functional groups attached to an aromatic ring is 1. The average molecular weight is 356 g/mol. The number of benzene rings is 1. The third kappa shape index (κ3) is 4.15. The number of aromatic nitrogens is 2. The number of alkyl halides is 3. The summed E-state index contributed by atoms with van der Waals surface area (Å²) in [5, 5.41) is 0.836. The number of anilines is 1. The molecule has 0 fully saturated rings. The van der Waals surface area contributed by atoms with Crippen molar-refractivity contribution in [1.82, 2.24) is 14.6 Å². The summed E-state index contributed by atoms with van der Waals surface area (Å²) in [7, 11) is 2.52. The zero-order valence-electron chi connectivity index (χ0n) is 13.4. The number of nitrogens with zero attached hydrogens (tertiary/aromatic N) is 3. The first-order valence-corrected chi connectivity index (χ1v) is 7.00. The van der Waals surface area contributed by atoms with Crippen molar-refractivity contribution in [2.75, 3.05) is 19.9 Å². The normalized spacial score (nSPS) is 11.4. The second-order valence-electron chi connectivity index (χ2n) is 5.09.